The van der Waals surface area contributed by atoms with E-state index in [1.165, 1.54) is 29.2 Å². The molecular weight excluding hydrogens is 305 g/mol. The first-order chi connectivity index (χ1) is 11.1. The number of aliphatic hydroxyl groups excluding tert-OH is 1. The molecule has 23 heavy (non-hydrogen) atoms. The van der Waals surface area contributed by atoms with E-state index >= 15 is 0 Å². The molecule has 3 amide bonds. The fourth-order valence-corrected chi connectivity index (χ4v) is 2.31. The Balaban J connectivity index is 1.76. The molecule has 1 atom stereocenters. The first-order valence-electron chi connectivity index (χ1n) is 7.39. The van der Waals surface area contributed by atoms with E-state index in [1.54, 1.807) is 0 Å². The fraction of sp³-hybridized carbons (Fsp3) is 0.467. The lowest BCUT2D eigenvalue weighted by Gasteiger charge is -2.17. The smallest absolute Gasteiger partial charge is 0.315 e. The average molecular weight is 325 g/mol. The average Bonchev–Trinajstić information content (AvgIpc) is 2.88. The Hall–Kier alpha value is -2.19. The van der Waals surface area contributed by atoms with Crippen molar-refractivity contribution < 1.29 is 23.8 Å². The van der Waals surface area contributed by atoms with Crippen molar-refractivity contribution in [1.82, 2.24) is 10.6 Å². The zero-order valence-corrected chi connectivity index (χ0v) is 12.6. The normalized spacial score (nSPS) is 17.4. The van der Waals surface area contributed by atoms with E-state index in [4.69, 9.17) is 9.84 Å². The molecule has 0 saturated carbocycles. The number of hydrogen-bond acceptors (Lipinski definition) is 4. The Morgan fingerprint density at radius 2 is 2.09 bits per heavy atom. The standard InChI is InChI=1S/C15H20FN3O4/c16-11-1-3-13(4-2-11)19-10-12(9-14(19)21)18-15(22)17-5-7-23-8-6-20/h1-4,12,20H,5-10H2,(H2,17,18,22)/t12-/m0/s1. The summed E-state index contributed by atoms with van der Waals surface area (Å²) < 4.78 is 17.9. The first-order valence-corrected chi connectivity index (χ1v) is 7.39. The summed E-state index contributed by atoms with van der Waals surface area (Å²) in [4.78, 5) is 25.2. The van der Waals surface area contributed by atoms with Gasteiger partial charge in [0.1, 0.15) is 5.82 Å². The molecule has 1 fully saturated rings. The van der Waals surface area contributed by atoms with Crippen LogP contribution in [0, 0.1) is 5.82 Å². The van der Waals surface area contributed by atoms with Crippen LogP contribution in [0.2, 0.25) is 0 Å². The number of carbonyl (C=O) groups excluding carboxylic acids is 2. The molecule has 3 N–H and O–H groups in total. The van der Waals surface area contributed by atoms with E-state index in [0.29, 0.717) is 25.4 Å². The largest absolute Gasteiger partial charge is 0.394 e. The van der Waals surface area contributed by atoms with Gasteiger partial charge in [0, 0.05) is 25.2 Å². The number of hydrogen-bond donors (Lipinski definition) is 3. The number of aliphatic hydroxyl groups is 1. The van der Waals surface area contributed by atoms with E-state index in [0.717, 1.165) is 0 Å². The van der Waals surface area contributed by atoms with Crippen LogP contribution in [0.4, 0.5) is 14.9 Å². The van der Waals surface area contributed by atoms with Gasteiger partial charge in [0.05, 0.1) is 25.9 Å². The highest BCUT2D eigenvalue weighted by Gasteiger charge is 2.31. The van der Waals surface area contributed by atoms with Gasteiger partial charge in [-0.15, -0.1) is 0 Å². The minimum absolute atomic E-state index is 0.0599. The van der Waals surface area contributed by atoms with Crippen LogP contribution in [0.15, 0.2) is 24.3 Å². The van der Waals surface area contributed by atoms with Crippen molar-refractivity contribution in [1.29, 1.82) is 0 Å². The van der Waals surface area contributed by atoms with Crippen LogP contribution in [0.5, 0.6) is 0 Å². The van der Waals surface area contributed by atoms with Crippen molar-refractivity contribution in [2.45, 2.75) is 12.5 Å². The lowest BCUT2D eigenvalue weighted by molar-refractivity contribution is -0.117. The minimum atomic E-state index is -0.378. The molecule has 0 bridgehead atoms. The second kappa shape index (κ2) is 8.44. The second-order valence-corrected chi connectivity index (χ2v) is 5.12. The Bertz CT molecular complexity index is 538. The van der Waals surface area contributed by atoms with Gasteiger partial charge in [0.15, 0.2) is 0 Å². The van der Waals surface area contributed by atoms with Gasteiger partial charge in [-0.2, -0.15) is 0 Å². The quantitative estimate of drug-likeness (QED) is 0.626. The van der Waals surface area contributed by atoms with E-state index in [9.17, 15) is 14.0 Å². The number of ether oxygens (including phenoxy) is 1. The van der Waals surface area contributed by atoms with Crippen LogP contribution >= 0.6 is 0 Å². The van der Waals surface area contributed by atoms with Gasteiger partial charge in [-0.3, -0.25) is 4.79 Å². The lowest BCUT2D eigenvalue weighted by Crippen LogP contribution is -2.44. The number of halogens is 1. The summed E-state index contributed by atoms with van der Waals surface area (Å²) in [5.74, 6) is -0.481. The van der Waals surface area contributed by atoms with Crippen molar-refractivity contribution in [2.24, 2.45) is 0 Å². The molecule has 1 saturated heterocycles. The highest BCUT2D eigenvalue weighted by Crippen LogP contribution is 2.21. The first kappa shape index (κ1) is 17.2. The zero-order chi connectivity index (χ0) is 16.7. The third kappa shape index (κ3) is 5.19. The van der Waals surface area contributed by atoms with Crippen molar-refractivity contribution in [3.8, 4) is 0 Å². The van der Waals surface area contributed by atoms with Crippen molar-refractivity contribution >= 4 is 17.6 Å². The van der Waals surface area contributed by atoms with Gasteiger partial charge < -0.3 is 25.4 Å². The number of nitrogens with one attached hydrogen (secondary N) is 2. The molecule has 1 heterocycles. The van der Waals surface area contributed by atoms with Gasteiger partial charge in [0.25, 0.3) is 0 Å². The second-order valence-electron chi connectivity index (χ2n) is 5.12. The van der Waals surface area contributed by atoms with Crippen LogP contribution in [-0.2, 0) is 9.53 Å². The number of carbonyl (C=O) groups is 2. The molecule has 1 aliphatic heterocycles. The van der Waals surface area contributed by atoms with Crippen molar-refractivity contribution in [3.05, 3.63) is 30.1 Å². The van der Waals surface area contributed by atoms with Crippen molar-refractivity contribution in [3.63, 3.8) is 0 Å². The number of rotatable bonds is 7. The van der Waals surface area contributed by atoms with E-state index < -0.39 is 0 Å². The summed E-state index contributed by atoms with van der Waals surface area (Å²) in [6.07, 6.45) is 0.200. The summed E-state index contributed by atoms with van der Waals surface area (Å²) >= 11 is 0. The Morgan fingerprint density at radius 3 is 2.78 bits per heavy atom. The summed E-state index contributed by atoms with van der Waals surface area (Å²) in [6.45, 7) is 1.13. The van der Waals surface area contributed by atoms with E-state index in [2.05, 4.69) is 10.6 Å². The number of amides is 3. The maximum Gasteiger partial charge on any atom is 0.315 e. The maximum atomic E-state index is 12.9. The van der Waals surface area contributed by atoms with Gasteiger partial charge in [-0.1, -0.05) is 0 Å². The molecule has 7 nitrogen and oxygen atoms in total. The topological polar surface area (TPSA) is 90.9 Å². The van der Waals surface area contributed by atoms with E-state index in [1.807, 2.05) is 0 Å². The highest BCUT2D eigenvalue weighted by atomic mass is 19.1. The summed E-state index contributed by atoms with van der Waals surface area (Å²) in [5.41, 5.74) is 0.610. The zero-order valence-electron chi connectivity index (χ0n) is 12.6. The van der Waals surface area contributed by atoms with Gasteiger partial charge in [0.2, 0.25) is 5.91 Å². The molecule has 1 aromatic carbocycles. The molecule has 2 rings (SSSR count). The maximum absolute atomic E-state index is 12.9. The van der Waals surface area contributed by atoms with E-state index in [-0.39, 0.29) is 43.4 Å². The predicted octanol–water partition coefficient (Wildman–Crippen LogP) is 0.239. The number of nitrogens with zero attached hydrogens (tertiary/aromatic N) is 1. The molecule has 0 radical (unpaired) electrons. The third-order valence-corrected chi connectivity index (χ3v) is 3.37. The van der Waals surface area contributed by atoms with Gasteiger partial charge in [-0.25, -0.2) is 9.18 Å². The molecule has 0 spiro atoms. The lowest BCUT2D eigenvalue weighted by atomic mass is 10.2. The summed E-state index contributed by atoms with van der Waals surface area (Å²) in [5, 5.41) is 13.9. The van der Waals surface area contributed by atoms with Crippen LogP contribution in [-0.4, -0.2) is 56.0 Å². The van der Waals surface area contributed by atoms with Crippen LogP contribution < -0.4 is 15.5 Å². The predicted molar refractivity (Wildman–Crippen MR) is 81.6 cm³/mol. The Kier molecular flexibility index (Phi) is 6.30. The molecule has 0 aromatic heterocycles. The van der Waals surface area contributed by atoms with Crippen LogP contribution in [0.1, 0.15) is 6.42 Å². The number of anilines is 1. The Morgan fingerprint density at radius 1 is 1.35 bits per heavy atom. The molecule has 1 aliphatic rings. The summed E-state index contributed by atoms with van der Waals surface area (Å²) in [7, 11) is 0. The van der Waals surface area contributed by atoms with Gasteiger partial charge >= 0.3 is 6.03 Å². The Labute approximate surface area is 133 Å². The van der Waals surface area contributed by atoms with Gasteiger partial charge in [-0.05, 0) is 24.3 Å². The number of urea groups is 1. The minimum Gasteiger partial charge on any atom is -0.394 e. The van der Waals surface area contributed by atoms with Crippen molar-refractivity contribution in [2.75, 3.05) is 37.8 Å². The van der Waals surface area contributed by atoms with Crippen LogP contribution in [0.25, 0.3) is 0 Å². The van der Waals surface area contributed by atoms with Crippen LogP contribution in [0.3, 0.4) is 0 Å². The molecule has 0 unspecified atom stereocenters. The summed E-state index contributed by atoms with van der Waals surface area (Å²) in [6, 6.07) is 4.98. The SMILES string of the molecule is O=C(NCCOCCO)N[C@H]1CC(=O)N(c2ccc(F)cc2)C1. The third-order valence-electron chi connectivity index (χ3n) is 3.37. The molecular formula is C15H20FN3O4. The molecule has 8 heteroatoms. The molecule has 0 aliphatic carbocycles. The molecule has 1 aromatic rings. The monoisotopic (exact) mass is 325 g/mol. The number of benzene rings is 1. The molecule has 126 valence electrons. The fourth-order valence-electron chi connectivity index (χ4n) is 2.31. The highest BCUT2D eigenvalue weighted by molar-refractivity contribution is 5.96.